The Morgan fingerprint density at radius 1 is 1.10 bits per heavy atom. The van der Waals surface area contributed by atoms with Crippen LogP contribution < -0.4 is 5.32 Å². The maximum Gasteiger partial charge on any atom is 0.356 e. The standard InChI is InChI=1S/C17H16N2O2/c1-2-21-17(20)16-15(18-12-8-4-3-5-9-12)13-10-6-7-11-14(13)19-16/h3-11,18-19H,2H2,1H3. The zero-order valence-corrected chi connectivity index (χ0v) is 11.7. The fraction of sp³-hybridized carbons (Fsp3) is 0.118. The summed E-state index contributed by atoms with van der Waals surface area (Å²) >= 11 is 0. The number of rotatable bonds is 4. The molecule has 1 aromatic heterocycles. The largest absolute Gasteiger partial charge is 0.461 e. The Balaban J connectivity index is 2.09. The van der Waals surface area contributed by atoms with E-state index < -0.39 is 0 Å². The van der Waals surface area contributed by atoms with Gasteiger partial charge < -0.3 is 15.0 Å². The van der Waals surface area contributed by atoms with Gasteiger partial charge in [0.25, 0.3) is 0 Å². The number of benzene rings is 2. The fourth-order valence-electron chi connectivity index (χ4n) is 2.29. The van der Waals surface area contributed by atoms with Crippen LogP contribution in [0.2, 0.25) is 0 Å². The molecule has 2 N–H and O–H groups in total. The highest BCUT2D eigenvalue weighted by atomic mass is 16.5. The van der Waals surface area contributed by atoms with Gasteiger partial charge in [0, 0.05) is 16.6 Å². The summed E-state index contributed by atoms with van der Waals surface area (Å²) in [5.41, 5.74) is 3.02. The van der Waals surface area contributed by atoms with Crippen molar-refractivity contribution in [1.82, 2.24) is 4.98 Å². The van der Waals surface area contributed by atoms with Crippen molar-refractivity contribution in [2.24, 2.45) is 0 Å². The molecule has 106 valence electrons. The number of carbonyl (C=O) groups excluding carboxylic acids is 1. The molecule has 0 unspecified atom stereocenters. The lowest BCUT2D eigenvalue weighted by atomic mass is 10.2. The molecule has 0 aliphatic heterocycles. The second-order valence-corrected chi connectivity index (χ2v) is 4.63. The summed E-state index contributed by atoms with van der Waals surface area (Å²) in [7, 11) is 0. The van der Waals surface area contributed by atoms with Gasteiger partial charge in [-0.3, -0.25) is 0 Å². The molecule has 0 saturated heterocycles. The highest BCUT2D eigenvalue weighted by molar-refractivity contribution is 6.07. The first kappa shape index (κ1) is 13.2. The molecule has 1 heterocycles. The topological polar surface area (TPSA) is 54.1 Å². The monoisotopic (exact) mass is 280 g/mol. The normalized spacial score (nSPS) is 10.5. The number of anilines is 2. The van der Waals surface area contributed by atoms with Gasteiger partial charge >= 0.3 is 5.97 Å². The minimum Gasteiger partial charge on any atom is -0.461 e. The maximum atomic E-state index is 12.1. The van der Waals surface area contributed by atoms with E-state index in [1.54, 1.807) is 6.92 Å². The molecule has 0 saturated carbocycles. The van der Waals surface area contributed by atoms with E-state index >= 15 is 0 Å². The van der Waals surface area contributed by atoms with Crippen LogP contribution in [0.25, 0.3) is 10.9 Å². The first-order valence-corrected chi connectivity index (χ1v) is 6.89. The van der Waals surface area contributed by atoms with Gasteiger partial charge in [-0.05, 0) is 25.1 Å². The van der Waals surface area contributed by atoms with Crippen LogP contribution in [0.15, 0.2) is 54.6 Å². The predicted octanol–water partition coefficient (Wildman–Crippen LogP) is 4.09. The molecule has 0 aliphatic carbocycles. The van der Waals surface area contributed by atoms with E-state index in [-0.39, 0.29) is 5.97 Å². The molecule has 0 fully saturated rings. The van der Waals surface area contributed by atoms with Gasteiger partial charge in [0.2, 0.25) is 0 Å². The van der Waals surface area contributed by atoms with Gasteiger partial charge in [0.1, 0.15) is 5.69 Å². The number of aromatic amines is 1. The predicted molar refractivity (Wildman–Crippen MR) is 84.0 cm³/mol. The van der Waals surface area contributed by atoms with Crippen LogP contribution in [-0.2, 0) is 4.74 Å². The maximum absolute atomic E-state index is 12.1. The number of ether oxygens (including phenoxy) is 1. The van der Waals surface area contributed by atoms with Gasteiger partial charge in [-0.2, -0.15) is 0 Å². The number of para-hydroxylation sites is 2. The van der Waals surface area contributed by atoms with Crippen molar-refractivity contribution in [2.75, 3.05) is 11.9 Å². The Hall–Kier alpha value is -2.75. The van der Waals surface area contributed by atoms with E-state index in [0.29, 0.717) is 12.3 Å². The number of hydrogen-bond acceptors (Lipinski definition) is 3. The minimum absolute atomic E-state index is 0.346. The molecule has 4 heteroatoms. The van der Waals surface area contributed by atoms with Gasteiger partial charge in [0.05, 0.1) is 12.3 Å². The van der Waals surface area contributed by atoms with E-state index in [0.717, 1.165) is 22.3 Å². The molecular formula is C17H16N2O2. The van der Waals surface area contributed by atoms with Crippen LogP contribution in [0.3, 0.4) is 0 Å². The highest BCUT2D eigenvalue weighted by Gasteiger charge is 2.18. The van der Waals surface area contributed by atoms with E-state index in [9.17, 15) is 4.79 Å². The van der Waals surface area contributed by atoms with Crippen molar-refractivity contribution < 1.29 is 9.53 Å². The SMILES string of the molecule is CCOC(=O)c1[nH]c2ccccc2c1Nc1ccccc1. The molecule has 2 aromatic carbocycles. The summed E-state index contributed by atoms with van der Waals surface area (Å²) in [6, 6.07) is 17.5. The van der Waals surface area contributed by atoms with Crippen LogP contribution in [0.5, 0.6) is 0 Å². The molecule has 0 atom stereocenters. The third kappa shape index (κ3) is 2.60. The number of carbonyl (C=O) groups is 1. The summed E-state index contributed by atoms with van der Waals surface area (Å²) in [6.45, 7) is 2.14. The molecule has 3 aromatic rings. The smallest absolute Gasteiger partial charge is 0.356 e. The number of aromatic nitrogens is 1. The third-order valence-corrected chi connectivity index (χ3v) is 3.23. The Morgan fingerprint density at radius 2 is 1.81 bits per heavy atom. The number of esters is 1. The fourth-order valence-corrected chi connectivity index (χ4v) is 2.29. The van der Waals surface area contributed by atoms with Crippen molar-refractivity contribution in [1.29, 1.82) is 0 Å². The average molecular weight is 280 g/mol. The van der Waals surface area contributed by atoms with Gasteiger partial charge in [-0.1, -0.05) is 36.4 Å². The van der Waals surface area contributed by atoms with Crippen LogP contribution in [0, 0.1) is 0 Å². The molecule has 0 radical (unpaired) electrons. The number of H-pyrrole nitrogens is 1. The van der Waals surface area contributed by atoms with Crippen LogP contribution in [0.1, 0.15) is 17.4 Å². The summed E-state index contributed by atoms with van der Waals surface area (Å²) < 4.78 is 5.13. The number of fused-ring (bicyclic) bond motifs is 1. The molecule has 0 aliphatic rings. The minimum atomic E-state index is -0.355. The van der Waals surface area contributed by atoms with Crippen molar-refractivity contribution in [3.05, 3.63) is 60.3 Å². The molecule has 4 nitrogen and oxygen atoms in total. The Kier molecular flexibility index (Phi) is 3.60. The lowest BCUT2D eigenvalue weighted by Gasteiger charge is -2.08. The van der Waals surface area contributed by atoms with Crippen molar-refractivity contribution in [2.45, 2.75) is 6.92 Å². The zero-order chi connectivity index (χ0) is 14.7. The Morgan fingerprint density at radius 3 is 2.57 bits per heavy atom. The van der Waals surface area contributed by atoms with E-state index in [1.807, 2.05) is 54.6 Å². The van der Waals surface area contributed by atoms with Crippen LogP contribution >= 0.6 is 0 Å². The van der Waals surface area contributed by atoms with E-state index in [2.05, 4.69) is 10.3 Å². The quantitative estimate of drug-likeness (QED) is 0.708. The first-order valence-electron chi connectivity index (χ1n) is 6.89. The Bertz CT molecular complexity index is 763. The summed E-state index contributed by atoms with van der Waals surface area (Å²) in [5.74, 6) is -0.355. The number of hydrogen-bond donors (Lipinski definition) is 2. The van der Waals surface area contributed by atoms with Gasteiger partial charge in [-0.25, -0.2) is 4.79 Å². The molecular weight excluding hydrogens is 264 g/mol. The molecule has 0 amide bonds. The zero-order valence-electron chi connectivity index (χ0n) is 11.7. The number of nitrogens with one attached hydrogen (secondary N) is 2. The van der Waals surface area contributed by atoms with Crippen molar-refractivity contribution in [3.8, 4) is 0 Å². The highest BCUT2D eigenvalue weighted by Crippen LogP contribution is 2.30. The lowest BCUT2D eigenvalue weighted by molar-refractivity contribution is 0.0522. The van der Waals surface area contributed by atoms with Crippen molar-refractivity contribution in [3.63, 3.8) is 0 Å². The molecule has 0 spiro atoms. The Labute approximate surface area is 122 Å². The van der Waals surface area contributed by atoms with E-state index in [4.69, 9.17) is 4.74 Å². The second kappa shape index (κ2) is 5.71. The summed E-state index contributed by atoms with van der Waals surface area (Å²) in [5, 5.41) is 4.27. The lowest BCUT2D eigenvalue weighted by Crippen LogP contribution is -2.07. The average Bonchev–Trinajstić information content (AvgIpc) is 2.88. The van der Waals surface area contributed by atoms with Crippen LogP contribution in [-0.4, -0.2) is 17.6 Å². The van der Waals surface area contributed by atoms with Gasteiger partial charge in [0.15, 0.2) is 0 Å². The second-order valence-electron chi connectivity index (χ2n) is 4.63. The molecule has 3 rings (SSSR count). The van der Waals surface area contributed by atoms with Crippen molar-refractivity contribution >= 4 is 28.2 Å². The van der Waals surface area contributed by atoms with Gasteiger partial charge in [-0.15, -0.1) is 0 Å². The van der Waals surface area contributed by atoms with Crippen LogP contribution in [0.4, 0.5) is 11.4 Å². The summed E-state index contributed by atoms with van der Waals surface area (Å²) in [6.07, 6.45) is 0. The summed E-state index contributed by atoms with van der Waals surface area (Å²) in [4.78, 5) is 15.3. The first-order chi connectivity index (χ1) is 10.3. The van der Waals surface area contributed by atoms with E-state index in [1.165, 1.54) is 0 Å². The third-order valence-electron chi connectivity index (χ3n) is 3.23. The molecule has 21 heavy (non-hydrogen) atoms. The molecule has 0 bridgehead atoms.